The number of carbonyl (C=O) groups is 1. The van der Waals surface area contributed by atoms with Crippen LogP contribution >= 0.6 is 11.6 Å². The van der Waals surface area contributed by atoms with E-state index in [1.54, 1.807) is 30.3 Å². The zero-order valence-corrected chi connectivity index (χ0v) is 21.1. The van der Waals surface area contributed by atoms with Gasteiger partial charge in [0.15, 0.2) is 0 Å². The summed E-state index contributed by atoms with van der Waals surface area (Å²) < 4.78 is 33.9. The van der Waals surface area contributed by atoms with E-state index in [0.717, 1.165) is 6.54 Å². The van der Waals surface area contributed by atoms with Crippen molar-refractivity contribution in [2.24, 2.45) is 0 Å². The lowest BCUT2D eigenvalue weighted by Crippen LogP contribution is -2.48. The van der Waals surface area contributed by atoms with Crippen LogP contribution < -0.4 is 10.1 Å². The molecule has 0 saturated carbocycles. The summed E-state index contributed by atoms with van der Waals surface area (Å²) in [6.07, 6.45) is 0. The van der Waals surface area contributed by atoms with Crippen molar-refractivity contribution in [1.82, 2.24) is 9.21 Å². The number of ether oxygens (including phenoxy) is 1. The number of hydrogen-bond donors (Lipinski definition) is 1. The highest BCUT2D eigenvalue weighted by molar-refractivity contribution is 7.89. The molecule has 9 heteroatoms. The molecule has 1 heterocycles. The first-order valence-electron chi connectivity index (χ1n) is 11.5. The fourth-order valence-corrected chi connectivity index (χ4v) is 5.54. The molecule has 0 aromatic heterocycles. The molecule has 0 spiro atoms. The van der Waals surface area contributed by atoms with E-state index in [4.69, 9.17) is 16.3 Å². The number of halogens is 1. The maximum atomic E-state index is 13.4. The van der Waals surface area contributed by atoms with Crippen molar-refractivity contribution < 1.29 is 17.9 Å². The molecule has 0 atom stereocenters. The lowest BCUT2D eigenvalue weighted by Gasteiger charge is -2.34. The van der Waals surface area contributed by atoms with E-state index in [1.807, 2.05) is 25.1 Å². The number of piperazine rings is 1. The molecule has 1 N–H and O–H groups in total. The molecule has 7 nitrogen and oxygen atoms in total. The fraction of sp³-hybridized carbons (Fsp3) is 0.269. The monoisotopic (exact) mass is 513 g/mol. The lowest BCUT2D eigenvalue weighted by molar-refractivity contribution is 0.102. The van der Waals surface area contributed by atoms with E-state index >= 15 is 0 Å². The highest BCUT2D eigenvalue weighted by atomic mass is 35.5. The summed E-state index contributed by atoms with van der Waals surface area (Å²) in [5.74, 6) is 0.0214. The highest BCUT2D eigenvalue weighted by Gasteiger charge is 2.29. The number of rotatable bonds is 8. The van der Waals surface area contributed by atoms with Crippen LogP contribution in [0.5, 0.6) is 5.75 Å². The fourth-order valence-electron chi connectivity index (χ4n) is 3.96. The second-order valence-corrected chi connectivity index (χ2v) is 10.6. The molecule has 184 valence electrons. The minimum atomic E-state index is -3.74. The molecular formula is C26H28ClN3O4S. The third-order valence-corrected chi connectivity index (χ3v) is 7.97. The van der Waals surface area contributed by atoms with Gasteiger partial charge in [-0.3, -0.25) is 9.69 Å². The molecule has 35 heavy (non-hydrogen) atoms. The van der Waals surface area contributed by atoms with Gasteiger partial charge in [-0.25, -0.2) is 8.42 Å². The van der Waals surface area contributed by atoms with Gasteiger partial charge in [0, 0.05) is 43.3 Å². The van der Waals surface area contributed by atoms with Gasteiger partial charge in [0.25, 0.3) is 5.91 Å². The van der Waals surface area contributed by atoms with Crippen molar-refractivity contribution >= 4 is 33.2 Å². The van der Waals surface area contributed by atoms with Gasteiger partial charge >= 0.3 is 0 Å². The average Bonchev–Trinajstić information content (AvgIpc) is 2.86. The molecule has 0 radical (unpaired) electrons. The first-order chi connectivity index (χ1) is 16.9. The summed E-state index contributed by atoms with van der Waals surface area (Å²) in [4.78, 5) is 15.1. The van der Waals surface area contributed by atoms with Crippen LogP contribution in [0.2, 0.25) is 5.02 Å². The molecular weight excluding hydrogens is 486 g/mol. The molecule has 1 aliphatic heterocycles. The molecule has 3 aromatic rings. The largest absolute Gasteiger partial charge is 0.492 e. The van der Waals surface area contributed by atoms with Gasteiger partial charge in [-0.05, 0) is 55.0 Å². The summed E-state index contributed by atoms with van der Waals surface area (Å²) in [7, 11) is -3.74. The third kappa shape index (κ3) is 6.21. The van der Waals surface area contributed by atoms with Crippen molar-refractivity contribution in [1.29, 1.82) is 0 Å². The molecule has 1 aliphatic rings. The normalized spacial score (nSPS) is 15.0. The zero-order valence-electron chi connectivity index (χ0n) is 19.5. The summed E-state index contributed by atoms with van der Waals surface area (Å²) in [5.41, 5.74) is 1.91. The number of sulfonamides is 1. The standard InChI is InChI=1S/C26H28ClN3O4S/c1-2-34-25-13-12-23(18-24(25)28-26(31)21-8-10-22(27)11-9-21)35(32,33)30-16-14-29(15-17-30)19-20-6-4-3-5-7-20/h3-13,18H,2,14-17,19H2,1H3,(H,28,31). The predicted octanol–water partition coefficient (Wildman–Crippen LogP) is 4.50. The van der Waals surface area contributed by atoms with Crippen LogP contribution in [0.15, 0.2) is 77.7 Å². The lowest BCUT2D eigenvalue weighted by atomic mass is 10.2. The van der Waals surface area contributed by atoms with Crippen molar-refractivity contribution in [2.75, 3.05) is 38.1 Å². The number of benzene rings is 3. The highest BCUT2D eigenvalue weighted by Crippen LogP contribution is 2.30. The van der Waals surface area contributed by atoms with Gasteiger partial charge < -0.3 is 10.1 Å². The van der Waals surface area contributed by atoms with E-state index in [1.165, 1.54) is 22.0 Å². The topological polar surface area (TPSA) is 79.0 Å². The van der Waals surface area contributed by atoms with Crippen LogP contribution in [-0.4, -0.2) is 56.3 Å². The number of nitrogens with zero attached hydrogens (tertiary/aromatic N) is 2. The maximum absolute atomic E-state index is 13.4. The summed E-state index contributed by atoms with van der Waals surface area (Å²) in [6.45, 7) is 5.07. The van der Waals surface area contributed by atoms with Crippen LogP contribution in [0, 0.1) is 0 Å². The first-order valence-corrected chi connectivity index (χ1v) is 13.3. The molecule has 0 bridgehead atoms. The Labute approximate surface area is 211 Å². The predicted molar refractivity (Wildman–Crippen MR) is 137 cm³/mol. The minimum Gasteiger partial charge on any atom is -0.492 e. The number of carbonyl (C=O) groups excluding carboxylic acids is 1. The van der Waals surface area contributed by atoms with Crippen molar-refractivity contribution in [2.45, 2.75) is 18.4 Å². The number of hydrogen-bond acceptors (Lipinski definition) is 5. The van der Waals surface area contributed by atoms with Gasteiger partial charge in [-0.2, -0.15) is 4.31 Å². The van der Waals surface area contributed by atoms with Gasteiger partial charge in [-0.1, -0.05) is 41.9 Å². The second kappa shape index (κ2) is 11.2. The summed E-state index contributed by atoms with van der Waals surface area (Å²) >= 11 is 5.91. The Bertz CT molecular complexity index is 1260. The van der Waals surface area contributed by atoms with E-state index in [-0.39, 0.29) is 10.8 Å². The number of anilines is 1. The van der Waals surface area contributed by atoms with Gasteiger partial charge in [0.1, 0.15) is 5.75 Å². The molecule has 1 amide bonds. The van der Waals surface area contributed by atoms with Crippen LogP contribution in [0.4, 0.5) is 5.69 Å². The van der Waals surface area contributed by atoms with Crippen molar-refractivity contribution in [3.63, 3.8) is 0 Å². The second-order valence-electron chi connectivity index (χ2n) is 8.22. The molecule has 0 unspecified atom stereocenters. The average molecular weight is 514 g/mol. The Morgan fingerprint density at radius 2 is 1.66 bits per heavy atom. The van der Waals surface area contributed by atoms with E-state index in [9.17, 15) is 13.2 Å². The summed E-state index contributed by atoms with van der Waals surface area (Å²) in [6, 6.07) is 21.2. The molecule has 4 rings (SSSR count). The quantitative estimate of drug-likeness (QED) is 0.480. The molecule has 1 saturated heterocycles. The minimum absolute atomic E-state index is 0.115. The Kier molecular flexibility index (Phi) is 8.07. The van der Waals surface area contributed by atoms with Crippen LogP contribution in [0.3, 0.4) is 0 Å². The van der Waals surface area contributed by atoms with Gasteiger partial charge in [0.05, 0.1) is 17.2 Å². The zero-order chi connectivity index (χ0) is 24.8. The van der Waals surface area contributed by atoms with Gasteiger partial charge in [0.2, 0.25) is 10.0 Å². The Hall–Kier alpha value is -2.91. The van der Waals surface area contributed by atoms with Crippen LogP contribution in [0.1, 0.15) is 22.8 Å². The first kappa shape index (κ1) is 25.2. The van der Waals surface area contributed by atoms with Gasteiger partial charge in [-0.15, -0.1) is 0 Å². The van der Waals surface area contributed by atoms with Crippen molar-refractivity contribution in [3.8, 4) is 5.75 Å². The van der Waals surface area contributed by atoms with Crippen LogP contribution in [0.25, 0.3) is 0 Å². The SMILES string of the molecule is CCOc1ccc(S(=O)(=O)N2CCN(Cc3ccccc3)CC2)cc1NC(=O)c1ccc(Cl)cc1. The third-order valence-electron chi connectivity index (χ3n) is 5.82. The number of nitrogens with one attached hydrogen (secondary N) is 1. The van der Waals surface area contributed by atoms with E-state index < -0.39 is 10.0 Å². The maximum Gasteiger partial charge on any atom is 0.255 e. The molecule has 1 fully saturated rings. The smallest absolute Gasteiger partial charge is 0.255 e. The Morgan fingerprint density at radius 3 is 2.31 bits per heavy atom. The Morgan fingerprint density at radius 1 is 0.971 bits per heavy atom. The van der Waals surface area contributed by atoms with Crippen molar-refractivity contribution in [3.05, 3.63) is 88.9 Å². The number of amides is 1. The van der Waals surface area contributed by atoms with E-state index in [2.05, 4.69) is 22.3 Å². The molecule has 0 aliphatic carbocycles. The summed E-state index contributed by atoms with van der Waals surface area (Å²) in [5, 5.41) is 3.30. The van der Waals surface area contributed by atoms with E-state index in [0.29, 0.717) is 54.8 Å². The van der Waals surface area contributed by atoms with Crippen LogP contribution in [-0.2, 0) is 16.6 Å². The Balaban J connectivity index is 1.49. The molecule has 3 aromatic carbocycles.